The molecule has 3 nitrogen and oxygen atoms in total. The first kappa shape index (κ1) is 8.69. The van der Waals surface area contributed by atoms with Gasteiger partial charge < -0.3 is 4.74 Å². The van der Waals surface area contributed by atoms with Crippen LogP contribution in [0.1, 0.15) is 5.56 Å². The Kier molecular flexibility index (Phi) is 2.71. The van der Waals surface area contributed by atoms with Gasteiger partial charge in [-0.2, -0.15) is 0 Å². The van der Waals surface area contributed by atoms with Crippen LogP contribution in [0, 0.1) is 0 Å². The molecule has 0 saturated carbocycles. The van der Waals surface area contributed by atoms with Crippen molar-refractivity contribution in [3.63, 3.8) is 0 Å². The molecule has 2 aromatic rings. The second-order valence-corrected chi connectivity index (χ2v) is 2.81. The maximum atomic E-state index is 5.45. The fourth-order valence-corrected chi connectivity index (χ4v) is 1.07. The van der Waals surface area contributed by atoms with Gasteiger partial charge >= 0.3 is 0 Å². The van der Waals surface area contributed by atoms with Crippen molar-refractivity contribution >= 4 is 0 Å². The van der Waals surface area contributed by atoms with E-state index in [1.54, 1.807) is 18.6 Å². The molecule has 0 saturated heterocycles. The smallest absolute Gasteiger partial charge is 0.213 e. The van der Waals surface area contributed by atoms with Crippen molar-refractivity contribution in [3.05, 3.63) is 54.5 Å². The standard InChI is InChI=1S/C11H10N2O/c1-2-6-13-11(3-1)14-9-10-4-7-12-8-5-10/h1-8H,9H2. The molecule has 70 valence electrons. The zero-order chi connectivity index (χ0) is 9.64. The van der Waals surface area contributed by atoms with Crippen molar-refractivity contribution in [1.82, 2.24) is 9.97 Å². The van der Waals surface area contributed by atoms with Crippen molar-refractivity contribution in [1.29, 1.82) is 0 Å². The number of hydrogen-bond acceptors (Lipinski definition) is 3. The first-order valence-electron chi connectivity index (χ1n) is 4.38. The second kappa shape index (κ2) is 4.37. The molecular weight excluding hydrogens is 176 g/mol. The molecule has 0 atom stereocenters. The summed E-state index contributed by atoms with van der Waals surface area (Å²) in [4.78, 5) is 7.99. The van der Waals surface area contributed by atoms with Gasteiger partial charge in [-0.25, -0.2) is 4.98 Å². The Bertz CT molecular complexity index is 336. The van der Waals surface area contributed by atoms with E-state index in [0.717, 1.165) is 5.56 Å². The summed E-state index contributed by atoms with van der Waals surface area (Å²) in [5.41, 5.74) is 1.09. The normalized spacial score (nSPS) is 9.71. The highest BCUT2D eigenvalue weighted by molar-refractivity contribution is 5.12. The van der Waals surface area contributed by atoms with Crippen LogP contribution in [0.5, 0.6) is 5.88 Å². The van der Waals surface area contributed by atoms with Crippen molar-refractivity contribution in [2.24, 2.45) is 0 Å². The van der Waals surface area contributed by atoms with Gasteiger partial charge in [0.1, 0.15) is 6.61 Å². The number of aromatic nitrogens is 2. The minimum Gasteiger partial charge on any atom is -0.473 e. The summed E-state index contributed by atoms with van der Waals surface area (Å²) in [7, 11) is 0. The molecule has 0 aliphatic rings. The van der Waals surface area contributed by atoms with Gasteiger partial charge in [0.25, 0.3) is 0 Å². The lowest BCUT2D eigenvalue weighted by Crippen LogP contribution is -1.96. The molecule has 0 unspecified atom stereocenters. The molecule has 14 heavy (non-hydrogen) atoms. The van der Waals surface area contributed by atoms with E-state index in [0.29, 0.717) is 12.5 Å². The molecule has 0 N–H and O–H groups in total. The third kappa shape index (κ3) is 2.29. The minimum absolute atomic E-state index is 0.527. The number of rotatable bonds is 3. The van der Waals surface area contributed by atoms with Crippen LogP contribution in [0.4, 0.5) is 0 Å². The molecule has 2 heterocycles. The SMILES string of the molecule is c1ccc(OCc2ccncc2)nc1. The van der Waals surface area contributed by atoms with Crippen molar-refractivity contribution in [3.8, 4) is 5.88 Å². The van der Waals surface area contributed by atoms with Gasteiger partial charge in [0.05, 0.1) is 0 Å². The van der Waals surface area contributed by atoms with E-state index < -0.39 is 0 Å². The molecule has 0 aliphatic carbocycles. The maximum Gasteiger partial charge on any atom is 0.213 e. The molecule has 0 bridgehead atoms. The van der Waals surface area contributed by atoms with E-state index in [1.165, 1.54) is 0 Å². The topological polar surface area (TPSA) is 35.0 Å². The monoisotopic (exact) mass is 186 g/mol. The first-order valence-corrected chi connectivity index (χ1v) is 4.38. The molecular formula is C11H10N2O. The van der Waals surface area contributed by atoms with E-state index >= 15 is 0 Å². The lowest BCUT2D eigenvalue weighted by molar-refractivity contribution is 0.294. The lowest BCUT2D eigenvalue weighted by atomic mass is 10.3. The van der Waals surface area contributed by atoms with Crippen LogP contribution in [0.15, 0.2) is 48.9 Å². The zero-order valence-corrected chi connectivity index (χ0v) is 7.63. The highest BCUT2D eigenvalue weighted by Crippen LogP contribution is 2.06. The van der Waals surface area contributed by atoms with Gasteiger partial charge in [-0.1, -0.05) is 6.07 Å². The summed E-state index contributed by atoms with van der Waals surface area (Å²) in [6.45, 7) is 0.527. The Morgan fingerprint density at radius 3 is 2.57 bits per heavy atom. The van der Waals surface area contributed by atoms with E-state index in [4.69, 9.17) is 4.74 Å². The summed E-state index contributed by atoms with van der Waals surface area (Å²) in [6, 6.07) is 9.43. The van der Waals surface area contributed by atoms with Crippen molar-refractivity contribution < 1.29 is 4.74 Å². The molecule has 0 aromatic carbocycles. The van der Waals surface area contributed by atoms with Crippen LogP contribution in [0.2, 0.25) is 0 Å². The van der Waals surface area contributed by atoms with Gasteiger partial charge in [0, 0.05) is 24.7 Å². The molecule has 0 spiro atoms. The molecule has 0 amide bonds. The van der Waals surface area contributed by atoms with Gasteiger partial charge in [-0.15, -0.1) is 0 Å². The largest absolute Gasteiger partial charge is 0.473 e. The average Bonchev–Trinajstić information content (AvgIpc) is 2.29. The van der Waals surface area contributed by atoms with Crippen molar-refractivity contribution in [2.45, 2.75) is 6.61 Å². The van der Waals surface area contributed by atoms with Crippen LogP contribution >= 0.6 is 0 Å². The first-order chi connectivity index (χ1) is 6.95. The molecule has 2 rings (SSSR count). The van der Waals surface area contributed by atoms with Gasteiger partial charge in [-0.3, -0.25) is 4.98 Å². The molecule has 3 heteroatoms. The fraction of sp³-hybridized carbons (Fsp3) is 0.0909. The predicted octanol–water partition coefficient (Wildman–Crippen LogP) is 2.06. The van der Waals surface area contributed by atoms with Crippen LogP contribution < -0.4 is 4.74 Å². The highest BCUT2D eigenvalue weighted by atomic mass is 16.5. The lowest BCUT2D eigenvalue weighted by Gasteiger charge is -2.03. The molecule has 2 aromatic heterocycles. The summed E-state index contributed by atoms with van der Waals surface area (Å²) < 4.78 is 5.45. The third-order valence-corrected chi connectivity index (χ3v) is 1.77. The van der Waals surface area contributed by atoms with Gasteiger partial charge in [0.15, 0.2) is 0 Å². The third-order valence-electron chi connectivity index (χ3n) is 1.77. The van der Waals surface area contributed by atoms with Crippen LogP contribution in [-0.2, 0) is 6.61 Å². The van der Waals surface area contributed by atoms with Crippen molar-refractivity contribution in [2.75, 3.05) is 0 Å². The predicted molar refractivity (Wildman–Crippen MR) is 52.8 cm³/mol. The number of ether oxygens (including phenoxy) is 1. The Labute approximate surface area is 82.4 Å². The van der Waals surface area contributed by atoms with E-state index in [-0.39, 0.29) is 0 Å². The molecule has 0 fully saturated rings. The number of nitrogens with zero attached hydrogens (tertiary/aromatic N) is 2. The summed E-state index contributed by atoms with van der Waals surface area (Å²) >= 11 is 0. The van der Waals surface area contributed by atoms with Crippen LogP contribution in [-0.4, -0.2) is 9.97 Å². The Morgan fingerprint density at radius 1 is 1.00 bits per heavy atom. The maximum absolute atomic E-state index is 5.45. The summed E-state index contributed by atoms with van der Waals surface area (Å²) in [5.74, 6) is 0.643. The fourth-order valence-electron chi connectivity index (χ4n) is 1.07. The molecule has 0 radical (unpaired) electrons. The van der Waals surface area contributed by atoms with Crippen LogP contribution in [0.25, 0.3) is 0 Å². The summed E-state index contributed by atoms with van der Waals surface area (Å²) in [6.07, 6.45) is 5.20. The Hall–Kier alpha value is -1.90. The average molecular weight is 186 g/mol. The zero-order valence-electron chi connectivity index (χ0n) is 7.63. The number of hydrogen-bond donors (Lipinski definition) is 0. The highest BCUT2D eigenvalue weighted by Gasteiger charge is 1.94. The number of pyridine rings is 2. The van der Waals surface area contributed by atoms with Gasteiger partial charge in [-0.05, 0) is 23.8 Å². The summed E-state index contributed by atoms with van der Waals surface area (Å²) in [5, 5.41) is 0. The van der Waals surface area contributed by atoms with Gasteiger partial charge in [0.2, 0.25) is 5.88 Å². The second-order valence-electron chi connectivity index (χ2n) is 2.81. The van der Waals surface area contributed by atoms with Crippen LogP contribution in [0.3, 0.4) is 0 Å². The van der Waals surface area contributed by atoms with E-state index in [9.17, 15) is 0 Å². The minimum atomic E-state index is 0.527. The molecule has 0 aliphatic heterocycles. The Morgan fingerprint density at radius 2 is 1.86 bits per heavy atom. The van der Waals surface area contributed by atoms with E-state index in [2.05, 4.69) is 9.97 Å². The van der Waals surface area contributed by atoms with E-state index in [1.807, 2.05) is 30.3 Å². The quantitative estimate of drug-likeness (QED) is 0.735. The Balaban J connectivity index is 1.96.